The number of tetrazole rings is 1. The van der Waals surface area contributed by atoms with Gasteiger partial charge in [-0.1, -0.05) is 5.10 Å². The van der Waals surface area contributed by atoms with E-state index in [0.717, 1.165) is 32.4 Å². The van der Waals surface area contributed by atoms with Crippen LogP contribution < -0.4 is 10.1 Å². The van der Waals surface area contributed by atoms with E-state index in [9.17, 15) is 0 Å². The minimum atomic E-state index is 0.0158. The zero-order valence-electron chi connectivity index (χ0n) is 9.93. The van der Waals surface area contributed by atoms with Gasteiger partial charge in [-0.25, -0.2) is 0 Å². The van der Waals surface area contributed by atoms with Gasteiger partial charge in [0.2, 0.25) is 0 Å². The van der Waals surface area contributed by atoms with Crippen molar-refractivity contribution in [2.24, 2.45) is 7.05 Å². The molecule has 17 heavy (non-hydrogen) atoms. The van der Waals surface area contributed by atoms with Gasteiger partial charge in [0, 0.05) is 13.5 Å². The quantitative estimate of drug-likeness (QED) is 0.750. The number of nitrogens with one attached hydrogen (secondary N) is 1. The first kappa shape index (κ1) is 10.9. The number of nitrogens with zero attached hydrogens (tertiary/aromatic N) is 4. The second kappa shape index (κ2) is 4.23. The molecule has 94 valence electrons. The molecule has 0 aromatic carbocycles. The van der Waals surface area contributed by atoms with E-state index in [1.54, 1.807) is 7.05 Å². The molecule has 1 aromatic heterocycles. The standard InChI is InChI=1S/C10H17N5O2/c1-15-9(12-13-14-15)17-8-6-10(16-7-8)2-4-11-5-3-10/h8,11H,2-7H2,1H3. The summed E-state index contributed by atoms with van der Waals surface area (Å²) in [5.41, 5.74) is 0.0158. The van der Waals surface area contributed by atoms with Crippen molar-refractivity contribution in [3.63, 3.8) is 0 Å². The molecule has 1 unspecified atom stereocenters. The summed E-state index contributed by atoms with van der Waals surface area (Å²) in [5, 5.41) is 14.5. The Bertz CT molecular complexity index is 388. The summed E-state index contributed by atoms with van der Waals surface area (Å²) in [6.07, 6.45) is 3.12. The van der Waals surface area contributed by atoms with E-state index in [0.29, 0.717) is 12.6 Å². The molecule has 2 saturated heterocycles. The highest BCUT2D eigenvalue weighted by molar-refractivity contribution is 4.97. The molecule has 0 radical (unpaired) electrons. The first-order valence-corrected chi connectivity index (χ1v) is 6.01. The van der Waals surface area contributed by atoms with Gasteiger partial charge in [0.25, 0.3) is 0 Å². The van der Waals surface area contributed by atoms with E-state index in [4.69, 9.17) is 9.47 Å². The van der Waals surface area contributed by atoms with Crippen LogP contribution >= 0.6 is 0 Å². The smallest absolute Gasteiger partial charge is 0.335 e. The van der Waals surface area contributed by atoms with Crippen LogP contribution in [0.25, 0.3) is 0 Å². The van der Waals surface area contributed by atoms with E-state index in [1.165, 1.54) is 4.68 Å². The highest BCUT2D eigenvalue weighted by Crippen LogP contribution is 2.35. The van der Waals surface area contributed by atoms with Crippen LogP contribution in [0.1, 0.15) is 19.3 Å². The van der Waals surface area contributed by atoms with Gasteiger partial charge in [0.1, 0.15) is 6.10 Å². The van der Waals surface area contributed by atoms with Crippen LogP contribution in [0.2, 0.25) is 0 Å². The van der Waals surface area contributed by atoms with Crippen molar-refractivity contribution in [3.8, 4) is 6.01 Å². The molecule has 2 aliphatic heterocycles. The van der Waals surface area contributed by atoms with E-state index < -0.39 is 0 Å². The Balaban J connectivity index is 1.62. The SMILES string of the molecule is Cn1nnnc1OC1COC2(CCNCC2)C1. The summed E-state index contributed by atoms with van der Waals surface area (Å²) in [7, 11) is 1.77. The first-order valence-electron chi connectivity index (χ1n) is 6.01. The maximum absolute atomic E-state index is 5.94. The number of ether oxygens (including phenoxy) is 2. The Kier molecular flexibility index (Phi) is 2.71. The number of aromatic nitrogens is 4. The molecule has 2 aliphatic rings. The van der Waals surface area contributed by atoms with E-state index >= 15 is 0 Å². The Hall–Kier alpha value is -1.21. The Labute approximate surface area is 99.5 Å². The number of hydrogen-bond donors (Lipinski definition) is 1. The third-order valence-electron chi connectivity index (χ3n) is 3.54. The molecule has 0 amide bonds. The van der Waals surface area contributed by atoms with Crippen molar-refractivity contribution in [2.75, 3.05) is 19.7 Å². The number of piperidine rings is 1. The fourth-order valence-electron chi connectivity index (χ4n) is 2.58. The van der Waals surface area contributed by atoms with E-state index in [-0.39, 0.29) is 11.7 Å². The van der Waals surface area contributed by atoms with Gasteiger partial charge in [-0.15, -0.1) is 0 Å². The first-order chi connectivity index (χ1) is 8.27. The van der Waals surface area contributed by atoms with Crippen molar-refractivity contribution in [2.45, 2.75) is 31.0 Å². The monoisotopic (exact) mass is 239 g/mol. The minimum absolute atomic E-state index is 0.0158. The number of rotatable bonds is 2. The summed E-state index contributed by atoms with van der Waals surface area (Å²) in [5.74, 6) is 0. The summed E-state index contributed by atoms with van der Waals surface area (Å²) in [6.45, 7) is 2.68. The maximum Gasteiger partial charge on any atom is 0.335 e. The fourth-order valence-corrected chi connectivity index (χ4v) is 2.58. The zero-order valence-corrected chi connectivity index (χ0v) is 9.93. The van der Waals surface area contributed by atoms with Crippen LogP contribution in [0.4, 0.5) is 0 Å². The van der Waals surface area contributed by atoms with Crippen LogP contribution in [0.3, 0.4) is 0 Å². The van der Waals surface area contributed by atoms with Gasteiger partial charge in [-0.05, 0) is 36.4 Å². The third kappa shape index (κ3) is 2.12. The highest BCUT2D eigenvalue weighted by atomic mass is 16.6. The molecule has 0 bridgehead atoms. The average Bonchev–Trinajstić information content (AvgIpc) is 2.90. The lowest BCUT2D eigenvalue weighted by molar-refractivity contribution is -0.0206. The van der Waals surface area contributed by atoms with Crippen LogP contribution in [-0.4, -0.2) is 51.6 Å². The molecule has 0 aliphatic carbocycles. The Morgan fingerprint density at radius 2 is 2.29 bits per heavy atom. The van der Waals surface area contributed by atoms with Crippen molar-refractivity contribution < 1.29 is 9.47 Å². The topological polar surface area (TPSA) is 74.1 Å². The molecule has 3 rings (SSSR count). The molecule has 0 saturated carbocycles. The molecule has 1 aromatic rings. The second-order valence-corrected chi connectivity index (χ2v) is 4.77. The predicted octanol–water partition coefficient (Wildman–Crippen LogP) is -0.500. The summed E-state index contributed by atoms with van der Waals surface area (Å²) in [4.78, 5) is 0. The molecule has 1 atom stereocenters. The summed E-state index contributed by atoms with van der Waals surface area (Å²) in [6, 6.07) is 0.463. The molecule has 2 fully saturated rings. The van der Waals surface area contributed by atoms with Crippen LogP contribution in [0, 0.1) is 0 Å². The van der Waals surface area contributed by atoms with E-state index in [2.05, 4.69) is 20.8 Å². The molecular weight excluding hydrogens is 222 g/mol. The Morgan fingerprint density at radius 1 is 1.47 bits per heavy atom. The van der Waals surface area contributed by atoms with Crippen molar-refractivity contribution in [3.05, 3.63) is 0 Å². The van der Waals surface area contributed by atoms with Gasteiger partial charge in [0.15, 0.2) is 0 Å². The van der Waals surface area contributed by atoms with Crippen molar-refractivity contribution >= 4 is 0 Å². The van der Waals surface area contributed by atoms with Crippen LogP contribution in [0.5, 0.6) is 6.01 Å². The molecule has 7 nitrogen and oxygen atoms in total. The van der Waals surface area contributed by atoms with Crippen molar-refractivity contribution in [1.29, 1.82) is 0 Å². The molecule has 1 spiro atoms. The average molecular weight is 239 g/mol. The molecular formula is C10H17N5O2. The largest absolute Gasteiger partial charge is 0.457 e. The molecule has 3 heterocycles. The van der Waals surface area contributed by atoms with Gasteiger partial charge < -0.3 is 14.8 Å². The Morgan fingerprint density at radius 3 is 3.00 bits per heavy atom. The number of aryl methyl sites for hydroxylation is 1. The van der Waals surface area contributed by atoms with Gasteiger partial charge in [-0.3, -0.25) is 0 Å². The lowest BCUT2D eigenvalue weighted by atomic mass is 9.89. The van der Waals surface area contributed by atoms with Crippen LogP contribution in [0.15, 0.2) is 0 Å². The number of hydrogen-bond acceptors (Lipinski definition) is 6. The second-order valence-electron chi connectivity index (χ2n) is 4.77. The normalized spacial score (nSPS) is 27.5. The van der Waals surface area contributed by atoms with Crippen LogP contribution in [-0.2, 0) is 11.8 Å². The predicted molar refractivity (Wildman–Crippen MR) is 58.6 cm³/mol. The maximum atomic E-state index is 5.94. The van der Waals surface area contributed by atoms with Gasteiger partial charge >= 0.3 is 6.01 Å². The van der Waals surface area contributed by atoms with Gasteiger partial charge in [0.05, 0.1) is 12.2 Å². The lowest BCUT2D eigenvalue weighted by Crippen LogP contribution is -2.41. The fraction of sp³-hybridized carbons (Fsp3) is 0.900. The highest BCUT2D eigenvalue weighted by Gasteiger charge is 2.42. The molecule has 7 heteroatoms. The minimum Gasteiger partial charge on any atom is -0.457 e. The summed E-state index contributed by atoms with van der Waals surface area (Å²) < 4.78 is 13.2. The lowest BCUT2D eigenvalue weighted by Gasteiger charge is -2.32. The van der Waals surface area contributed by atoms with Crippen molar-refractivity contribution in [1.82, 2.24) is 25.5 Å². The zero-order chi connectivity index (χ0) is 11.7. The summed E-state index contributed by atoms with van der Waals surface area (Å²) >= 11 is 0. The van der Waals surface area contributed by atoms with Gasteiger partial charge in [-0.2, -0.15) is 4.68 Å². The third-order valence-corrected chi connectivity index (χ3v) is 3.54. The molecule has 1 N–H and O–H groups in total. The van der Waals surface area contributed by atoms with E-state index in [1.807, 2.05) is 0 Å².